The van der Waals surface area contributed by atoms with Crippen molar-refractivity contribution in [1.29, 1.82) is 0 Å². The molecule has 0 radical (unpaired) electrons. The van der Waals surface area contributed by atoms with Crippen LogP contribution in [0.1, 0.15) is 34.0 Å². The van der Waals surface area contributed by atoms with E-state index in [2.05, 4.69) is 51.3 Å². The smallest absolute Gasteiger partial charge is 0.141 e. The normalized spacial score (nSPS) is 16.0. The molecule has 1 aliphatic rings. The summed E-state index contributed by atoms with van der Waals surface area (Å²) in [4.78, 5) is 18.5. The maximum atomic E-state index is 4.62. The summed E-state index contributed by atoms with van der Waals surface area (Å²) in [6.45, 7) is 9.36. The third-order valence-corrected chi connectivity index (χ3v) is 6.92. The summed E-state index contributed by atoms with van der Waals surface area (Å²) in [6.07, 6.45) is 3.98. The molecule has 1 N–H and O–H groups in total. The minimum Gasteiger partial charge on any atom is -0.356 e. The Morgan fingerprint density at radius 3 is 2.72 bits per heavy atom. The van der Waals surface area contributed by atoms with E-state index in [9.17, 15) is 0 Å². The molecule has 0 spiro atoms. The molecule has 132 valence electrons. The number of piperidine rings is 1. The first-order valence-corrected chi connectivity index (χ1v) is 10.4. The second-order valence-electron chi connectivity index (χ2n) is 6.66. The average molecular weight is 374 g/mol. The lowest BCUT2D eigenvalue weighted by Crippen LogP contribution is -2.42. The summed E-state index contributed by atoms with van der Waals surface area (Å²) < 4.78 is 0. The Kier molecular flexibility index (Phi) is 4.71. The van der Waals surface area contributed by atoms with Crippen LogP contribution in [-0.4, -0.2) is 34.1 Å². The van der Waals surface area contributed by atoms with Crippen molar-refractivity contribution in [3.8, 4) is 0 Å². The van der Waals surface area contributed by atoms with Gasteiger partial charge in [-0.05, 0) is 39.2 Å². The number of nitrogens with one attached hydrogen (secondary N) is 1. The van der Waals surface area contributed by atoms with Gasteiger partial charge in [-0.15, -0.1) is 22.7 Å². The molecule has 7 heteroatoms. The monoisotopic (exact) mass is 373 g/mol. The van der Waals surface area contributed by atoms with Crippen LogP contribution in [0, 0.1) is 20.8 Å². The minimum absolute atomic E-state index is 0.556. The second kappa shape index (κ2) is 6.97. The number of aromatic nitrogens is 3. The lowest BCUT2D eigenvalue weighted by atomic mass is 10.0. The van der Waals surface area contributed by atoms with Gasteiger partial charge in [-0.1, -0.05) is 0 Å². The van der Waals surface area contributed by atoms with Crippen molar-refractivity contribution in [2.24, 2.45) is 0 Å². The van der Waals surface area contributed by atoms with E-state index < -0.39 is 0 Å². The molecular formula is C18H23N5S2. The molecule has 0 unspecified atom stereocenters. The van der Waals surface area contributed by atoms with Gasteiger partial charge in [-0.3, -0.25) is 0 Å². The van der Waals surface area contributed by atoms with Gasteiger partial charge in [0.15, 0.2) is 0 Å². The van der Waals surface area contributed by atoms with Crippen LogP contribution < -0.4 is 10.2 Å². The predicted molar refractivity (Wildman–Crippen MR) is 106 cm³/mol. The van der Waals surface area contributed by atoms with Gasteiger partial charge in [0.1, 0.15) is 17.0 Å². The first-order valence-electron chi connectivity index (χ1n) is 8.72. The second-order valence-corrected chi connectivity index (χ2v) is 8.93. The highest BCUT2D eigenvalue weighted by molar-refractivity contribution is 7.18. The van der Waals surface area contributed by atoms with E-state index in [4.69, 9.17) is 0 Å². The van der Waals surface area contributed by atoms with Crippen molar-refractivity contribution in [3.05, 3.63) is 32.8 Å². The predicted octanol–water partition coefficient (Wildman–Crippen LogP) is 3.83. The SMILES string of the molecule is Cc1nc(CNC2CCN(c3ncnc4sc(C)c(C)c34)CC2)cs1. The third kappa shape index (κ3) is 3.41. The van der Waals surface area contributed by atoms with Crippen molar-refractivity contribution >= 4 is 38.7 Å². The van der Waals surface area contributed by atoms with E-state index in [0.717, 1.165) is 53.8 Å². The van der Waals surface area contributed by atoms with Crippen LogP contribution in [0.5, 0.6) is 0 Å². The number of nitrogens with zero attached hydrogens (tertiary/aromatic N) is 4. The van der Waals surface area contributed by atoms with Crippen molar-refractivity contribution in [2.45, 2.75) is 46.2 Å². The fraction of sp³-hybridized carbons (Fsp3) is 0.500. The molecule has 0 saturated carbocycles. The molecule has 1 fully saturated rings. The highest BCUT2D eigenvalue weighted by Crippen LogP contribution is 2.35. The number of hydrogen-bond donors (Lipinski definition) is 1. The molecule has 25 heavy (non-hydrogen) atoms. The van der Waals surface area contributed by atoms with E-state index in [1.54, 1.807) is 29.0 Å². The zero-order valence-corrected chi connectivity index (χ0v) is 16.5. The Labute approximate surface area is 156 Å². The Morgan fingerprint density at radius 2 is 2.00 bits per heavy atom. The fourth-order valence-electron chi connectivity index (χ4n) is 3.44. The number of aryl methyl sites for hydroxylation is 3. The molecule has 0 bridgehead atoms. The van der Waals surface area contributed by atoms with E-state index in [-0.39, 0.29) is 0 Å². The molecule has 4 rings (SSSR count). The van der Waals surface area contributed by atoms with Gasteiger partial charge in [0.2, 0.25) is 0 Å². The van der Waals surface area contributed by atoms with Crippen LogP contribution in [0.4, 0.5) is 5.82 Å². The van der Waals surface area contributed by atoms with Crippen LogP contribution >= 0.6 is 22.7 Å². The zero-order valence-electron chi connectivity index (χ0n) is 14.9. The maximum absolute atomic E-state index is 4.62. The number of rotatable bonds is 4. The van der Waals surface area contributed by atoms with Crippen molar-refractivity contribution in [2.75, 3.05) is 18.0 Å². The first-order chi connectivity index (χ1) is 12.1. The fourth-order valence-corrected chi connectivity index (χ4v) is 5.04. The Morgan fingerprint density at radius 1 is 1.20 bits per heavy atom. The van der Waals surface area contributed by atoms with Crippen molar-refractivity contribution in [3.63, 3.8) is 0 Å². The molecule has 3 aromatic rings. The van der Waals surface area contributed by atoms with Gasteiger partial charge >= 0.3 is 0 Å². The lowest BCUT2D eigenvalue weighted by Gasteiger charge is -2.33. The summed E-state index contributed by atoms with van der Waals surface area (Å²) in [7, 11) is 0. The summed E-state index contributed by atoms with van der Waals surface area (Å²) in [5, 5.41) is 8.20. The molecular weight excluding hydrogens is 350 g/mol. The molecule has 3 aromatic heterocycles. The molecule has 0 aliphatic carbocycles. The topological polar surface area (TPSA) is 53.9 Å². The van der Waals surface area contributed by atoms with Gasteiger partial charge in [0.25, 0.3) is 0 Å². The largest absolute Gasteiger partial charge is 0.356 e. The van der Waals surface area contributed by atoms with Crippen LogP contribution in [0.15, 0.2) is 11.7 Å². The standard InChI is InChI=1S/C18H23N5S2/c1-11-12(2)25-18-16(11)17(20-10-21-18)23-6-4-14(5-7-23)19-8-15-9-24-13(3)22-15/h9-10,14,19H,4-8H2,1-3H3. The van der Waals surface area contributed by atoms with Crippen LogP contribution in [0.2, 0.25) is 0 Å². The number of thiazole rings is 1. The number of anilines is 1. The lowest BCUT2D eigenvalue weighted by molar-refractivity contribution is 0.411. The molecule has 4 heterocycles. The quantitative estimate of drug-likeness (QED) is 0.753. The van der Waals surface area contributed by atoms with Crippen molar-refractivity contribution < 1.29 is 0 Å². The zero-order chi connectivity index (χ0) is 17.4. The van der Waals surface area contributed by atoms with E-state index in [1.807, 2.05) is 0 Å². The van der Waals surface area contributed by atoms with Crippen molar-refractivity contribution in [1.82, 2.24) is 20.3 Å². The van der Waals surface area contributed by atoms with Crippen LogP contribution in [-0.2, 0) is 6.54 Å². The van der Waals surface area contributed by atoms with Gasteiger partial charge in [-0.2, -0.15) is 0 Å². The molecule has 0 atom stereocenters. The molecule has 5 nitrogen and oxygen atoms in total. The van der Waals surface area contributed by atoms with Gasteiger partial charge < -0.3 is 10.2 Å². The van der Waals surface area contributed by atoms with Gasteiger partial charge in [-0.25, -0.2) is 15.0 Å². The highest BCUT2D eigenvalue weighted by Gasteiger charge is 2.23. The minimum atomic E-state index is 0.556. The number of hydrogen-bond acceptors (Lipinski definition) is 7. The van der Waals surface area contributed by atoms with E-state index in [0.29, 0.717) is 6.04 Å². The molecule has 0 aromatic carbocycles. The Hall–Kier alpha value is -1.57. The highest BCUT2D eigenvalue weighted by atomic mass is 32.1. The summed E-state index contributed by atoms with van der Waals surface area (Å²) in [5.74, 6) is 1.11. The first kappa shape index (κ1) is 16.9. The summed E-state index contributed by atoms with van der Waals surface area (Å²) >= 11 is 3.49. The molecule has 1 saturated heterocycles. The summed E-state index contributed by atoms with van der Waals surface area (Å²) in [5.41, 5.74) is 2.49. The molecule has 0 amide bonds. The van der Waals surface area contributed by atoms with Gasteiger partial charge in [0, 0.05) is 35.9 Å². The van der Waals surface area contributed by atoms with E-state index in [1.165, 1.54) is 15.8 Å². The Balaban J connectivity index is 1.42. The van der Waals surface area contributed by atoms with Crippen LogP contribution in [0.25, 0.3) is 10.2 Å². The number of fused-ring (bicyclic) bond motifs is 1. The Bertz CT molecular complexity index is 877. The van der Waals surface area contributed by atoms with E-state index >= 15 is 0 Å². The third-order valence-electron chi connectivity index (χ3n) is 4.98. The number of thiophene rings is 1. The van der Waals surface area contributed by atoms with Crippen LogP contribution in [0.3, 0.4) is 0 Å². The van der Waals surface area contributed by atoms with Gasteiger partial charge in [0.05, 0.1) is 16.1 Å². The maximum Gasteiger partial charge on any atom is 0.141 e. The molecule has 1 aliphatic heterocycles. The summed E-state index contributed by atoms with van der Waals surface area (Å²) in [6, 6.07) is 0.556. The average Bonchev–Trinajstić information content (AvgIpc) is 3.17.